The predicted molar refractivity (Wildman–Crippen MR) is 124 cm³/mol. The van der Waals surface area contributed by atoms with Crippen molar-refractivity contribution >= 4 is 33.4 Å². The van der Waals surface area contributed by atoms with E-state index in [0.717, 1.165) is 12.8 Å². The Morgan fingerprint density at radius 1 is 0.970 bits per heavy atom. The van der Waals surface area contributed by atoms with Crippen molar-refractivity contribution in [3.8, 4) is 0 Å². The van der Waals surface area contributed by atoms with Crippen LogP contribution in [0.3, 0.4) is 0 Å². The summed E-state index contributed by atoms with van der Waals surface area (Å²) in [5.74, 6) is -0.367. The van der Waals surface area contributed by atoms with Gasteiger partial charge in [-0.05, 0) is 43.2 Å². The van der Waals surface area contributed by atoms with Crippen molar-refractivity contribution in [2.45, 2.75) is 23.8 Å². The molecule has 8 nitrogen and oxygen atoms in total. The van der Waals surface area contributed by atoms with Crippen molar-refractivity contribution in [1.82, 2.24) is 14.5 Å². The van der Waals surface area contributed by atoms with Crippen molar-refractivity contribution < 1.29 is 22.7 Å². The van der Waals surface area contributed by atoms with E-state index in [1.165, 1.54) is 18.2 Å². The first kappa shape index (κ1) is 23.7. The lowest BCUT2D eigenvalue weighted by molar-refractivity contribution is 0.0535. The zero-order chi connectivity index (χ0) is 23.4. The van der Waals surface area contributed by atoms with Gasteiger partial charge in [0.05, 0.1) is 11.1 Å². The third-order valence-corrected chi connectivity index (χ3v) is 7.77. The maximum absolute atomic E-state index is 13.0. The van der Waals surface area contributed by atoms with E-state index in [4.69, 9.17) is 16.3 Å². The Kier molecular flexibility index (Phi) is 7.33. The highest BCUT2D eigenvalue weighted by Crippen LogP contribution is 2.24. The molecule has 2 aliphatic rings. The molecule has 0 saturated carbocycles. The Morgan fingerprint density at radius 3 is 2.21 bits per heavy atom. The van der Waals surface area contributed by atoms with Gasteiger partial charge in [0, 0.05) is 50.5 Å². The van der Waals surface area contributed by atoms with Crippen LogP contribution in [0.4, 0.5) is 0 Å². The van der Waals surface area contributed by atoms with E-state index in [1.54, 1.807) is 21.9 Å². The maximum atomic E-state index is 13.0. The number of ether oxygens (including phenoxy) is 1. The van der Waals surface area contributed by atoms with Crippen LogP contribution in [-0.2, 0) is 14.8 Å². The summed E-state index contributed by atoms with van der Waals surface area (Å²) in [5.41, 5.74) is 0.847. The normalized spacial score (nSPS) is 19.0. The monoisotopic (exact) mass is 491 g/mol. The second-order valence-electron chi connectivity index (χ2n) is 8.08. The van der Waals surface area contributed by atoms with Crippen LogP contribution in [0, 0.1) is 0 Å². The number of carbonyl (C=O) groups is 2. The van der Waals surface area contributed by atoms with Gasteiger partial charge < -0.3 is 14.5 Å². The molecule has 2 amide bonds. The summed E-state index contributed by atoms with van der Waals surface area (Å²) in [6, 6.07) is 13.3. The van der Waals surface area contributed by atoms with Crippen LogP contribution in [0.2, 0.25) is 5.02 Å². The molecule has 2 fully saturated rings. The highest BCUT2D eigenvalue weighted by atomic mass is 35.5. The van der Waals surface area contributed by atoms with Gasteiger partial charge in [-0.15, -0.1) is 0 Å². The minimum atomic E-state index is -3.90. The molecule has 0 radical (unpaired) electrons. The van der Waals surface area contributed by atoms with E-state index < -0.39 is 10.0 Å². The topological polar surface area (TPSA) is 96.0 Å². The zero-order valence-electron chi connectivity index (χ0n) is 18.1. The van der Waals surface area contributed by atoms with Gasteiger partial charge in [-0.1, -0.05) is 29.8 Å². The van der Waals surface area contributed by atoms with E-state index in [-0.39, 0.29) is 39.9 Å². The number of nitrogens with one attached hydrogen (secondary N) is 1. The lowest BCUT2D eigenvalue weighted by atomic mass is 10.1. The molecule has 4 rings (SSSR count). The molecule has 2 aromatic rings. The summed E-state index contributed by atoms with van der Waals surface area (Å²) in [6.45, 7) is 2.32. The zero-order valence-corrected chi connectivity index (χ0v) is 19.6. The molecule has 1 atom stereocenters. The smallest absolute Gasteiger partial charge is 0.254 e. The van der Waals surface area contributed by atoms with Crippen LogP contribution in [0.25, 0.3) is 0 Å². The fraction of sp³-hybridized carbons (Fsp3) is 0.391. The number of benzene rings is 2. The Bertz CT molecular complexity index is 1110. The van der Waals surface area contributed by atoms with Crippen molar-refractivity contribution in [2.24, 2.45) is 0 Å². The van der Waals surface area contributed by atoms with Crippen molar-refractivity contribution in [3.05, 3.63) is 64.7 Å². The number of nitrogens with zero attached hydrogens (tertiary/aromatic N) is 2. The second-order valence-corrected chi connectivity index (χ2v) is 10.2. The molecule has 1 N–H and O–H groups in total. The van der Waals surface area contributed by atoms with Gasteiger partial charge in [0.1, 0.15) is 4.90 Å². The molecule has 0 spiro atoms. The Morgan fingerprint density at radius 2 is 1.61 bits per heavy atom. The largest absolute Gasteiger partial charge is 0.377 e. The molecule has 0 bridgehead atoms. The van der Waals surface area contributed by atoms with Crippen LogP contribution in [-0.4, -0.2) is 75.5 Å². The number of hydrogen-bond acceptors (Lipinski definition) is 5. The Labute approximate surface area is 198 Å². The van der Waals surface area contributed by atoms with Gasteiger partial charge in [-0.2, -0.15) is 0 Å². The molecule has 2 aromatic carbocycles. The van der Waals surface area contributed by atoms with Gasteiger partial charge in [-0.25, -0.2) is 13.1 Å². The summed E-state index contributed by atoms with van der Waals surface area (Å²) in [4.78, 5) is 28.9. The van der Waals surface area contributed by atoms with Gasteiger partial charge >= 0.3 is 0 Å². The molecule has 2 saturated heterocycles. The van der Waals surface area contributed by atoms with E-state index >= 15 is 0 Å². The standard InChI is InChI=1S/C23H26ClN3O5S/c24-20-9-8-18(15-21(20)33(30,31)25-16-19-7-4-14-32-19)23(29)27-12-10-26(11-13-27)22(28)17-5-2-1-3-6-17/h1-3,5-6,8-9,15,19,25H,4,7,10-14,16H2. The number of rotatable bonds is 6. The predicted octanol–water partition coefficient (Wildman–Crippen LogP) is 2.40. The number of hydrogen-bond donors (Lipinski definition) is 1. The quantitative estimate of drug-likeness (QED) is 0.669. The lowest BCUT2D eigenvalue weighted by Gasteiger charge is -2.35. The van der Waals surface area contributed by atoms with Crippen LogP contribution in [0.15, 0.2) is 53.4 Å². The van der Waals surface area contributed by atoms with Gasteiger partial charge in [-0.3, -0.25) is 9.59 Å². The molecule has 0 aromatic heterocycles. The average molecular weight is 492 g/mol. The molecular formula is C23H26ClN3O5S. The van der Waals surface area contributed by atoms with Crippen LogP contribution < -0.4 is 4.72 Å². The number of sulfonamides is 1. The van der Waals surface area contributed by atoms with E-state index in [2.05, 4.69) is 4.72 Å². The lowest BCUT2D eigenvalue weighted by Crippen LogP contribution is -2.50. The van der Waals surface area contributed by atoms with E-state index in [1.807, 2.05) is 18.2 Å². The number of amides is 2. The summed E-state index contributed by atoms with van der Waals surface area (Å²) >= 11 is 6.16. The maximum Gasteiger partial charge on any atom is 0.254 e. The highest BCUT2D eigenvalue weighted by molar-refractivity contribution is 7.89. The third kappa shape index (κ3) is 5.55. The van der Waals surface area contributed by atoms with E-state index in [9.17, 15) is 18.0 Å². The summed E-state index contributed by atoms with van der Waals surface area (Å²) in [5, 5.41) is 0.0460. The van der Waals surface area contributed by atoms with Gasteiger partial charge in [0.25, 0.3) is 11.8 Å². The highest BCUT2D eigenvalue weighted by Gasteiger charge is 2.28. The number of piperazine rings is 1. The minimum absolute atomic E-state index is 0.0460. The Hall–Kier alpha value is -2.46. The number of halogens is 1. The average Bonchev–Trinajstić information content (AvgIpc) is 3.37. The second kappa shape index (κ2) is 10.2. The van der Waals surface area contributed by atoms with Crippen LogP contribution >= 0.6 is 11.6 Å². The van der Waals surface area contributed by atoms with Crippen LogP contribution in [0.5, 0.6) is 0 Å². The first-order valence-electron chi connectivity index (χ1n) is 10.9. The number of carbonyl (C=O) groups excluding carboxylic acids is 2. The molecular weight excluding hydrogens is 466 g/mol. The fourth-order valence-electron chi connectivity index (χ4n) is 3.99. The molecule has 2 heterocycles. The summed E-state index contributed by atoms with van der Waals surface area (Å²) in [7, 11) is -3.90. The molecule has 0 aliphatic carbocycles. The van der Waals surface area contributed by atoms with Crippen molar-refractivity contribution in [2.75, 3.05) is 39.3 Å². The van der Waals surface area contributed by atoms with Crippen molar-refractivity contribution in [3.63, 3.8) is 0 Å². The third-order valence-electron chi connectivity index (χ3n) is 5.87. The van der Waals surface area contributed by atoms with Gasteiger partial charge in [0.15, 0.2) is 0 Å². The summed E-state index contributed by atoms with van der Waals surface area (Å²) in [6.07, 6.45) is 1.55. The van der Waals surface area contributed by atoms with Gasteiger partial charge in [0.2, 0.25) is 10.0 Å². The molecule has 1 unspecified atom stereocenters. The molecule has 33 heavy (non-hydrogen) atoms. The molecule has 176 valence electrons. The first-order valence-corrected chi connectivity index (χ1v) is 12.8. The van der Waals surface area contributed by atoms with Crippen molar-refractivity contribution in [1.29, 1.82) is 0 Å². The van der Waals surface area contributed by atoms with Crippen LogP contribution in [0.1, 0.15) is 33.6 Å². The molecule has 10 heteroatoms. The summed E-state index contributed by atoms with van der Waals surface area (Å²) < 4.78 is 33.6. The SMILES string of the molecule is O=C(c1ccccc1)N1CCN(C(=O)c2ccc(Cl)c(S(=O)(=O)NCC3CCCO3)c2)CC1. The van der Waals surface area contributed by atoms with E-state index in [0.29, 0.717) is 38.3 Å². The molecule has 2 aliphatic heterocycles. The Balaban J connectivity index is 1.41. The minimum Gasteiger partial charge on any atom is -0.377 e. The first-order chi connectivity index (χ1) is 15.8. The fourth-order valence-corrected chi connectivity index (χ4v) is 5.58.